The summed E-state index contributed by atoms with van der Waals surface area (Å²) in [4.78, 5) is 7.45. The van der Waals surface area contributed by atoms with E-state index in [1.54, 1.807) is 0 Å². The molecule has 0 aliphatic heterocycles. The van der Waals surface area contributed by atoms with Crippen molar-refractivity contribution in [3.63, 3.8) is 0 Å². The number of thiophene rings is 1. The maximum atomic E-state index is 6.49. The number of hydrogen-bond acceptors (Lipinski definition) is 5. The van der Waals surface area contributed by atoms with Crippen molar-refractivity contribution in [3.05, 3.63) is 176 Å². The lowest BCUT2D eigenvalue weighted by Crippen LogP contribution is -2.10. The SMILES string of the molecule is c1ccc(-c2nc3c(ccc4oc5ccc(N(c6ccc7c(c6)c6ccccc6n7-c6ccccc6)c6cccc7sc8ccccc8c67)cc5c43)o2)cc1. The highest BCUT2D eigenvalue weighted by atomic mass is 32.1. The zero-order valence-electron chi connectivity index (χ0n) is 29.3. The van der Waals surface area contributed by atoms with Crippen molar-refractivity contribution >= 4 is 103 Å². The molecule has 0 unspecified atom stereocenters. The van der Waals surface area contributed by atoms with Gasteiger partial charge in [-0.05, 0) is 97.1 Å². The highest BCUT2D eigenvalue weighted by Gasteiger charge is 2.23. The Labute approximate surface area is 318 Å². The zero-order valence-corrected chi connectivity index (χ0v) is 30.1. The molecule has 5 nitrogen and oxygen atoms in total. The number of fused-ring (bicyclic) bond motifs is 11. The van der Waals surface area contributed by atoms with Crippen molar-refractivity contribution in [2.45, 2.75) is 0 Å². The van der Waals surface area contributed by atoms with Crippen molar-refractivity contribution in [1.29, 1.82) is 0 Å². The molecule has 6 heteroatoms. The molecule has 0 fully saturated rings. The Kier molecular flexibility index (Phi) is 6.44. The van der Waals surface area contributed by atoms with Gasteiger partial charge >= 0.3 is 0 Å². The standard InChI is InChI=1S/C49H29N3O2S/c1-3-12-30(13-4-1)49-50-48-43(54-49)27-26-42-47(48)37-29-33(23-25-41(37)53-42)51(40-19-11-21-45-46(40)35-17-8-10-20-44(35)55-45)32-22-24-39-36(28-32)34-16-7-9-18-38(34)52(39)31-14-5-2-6-15-31/h1-29H. The third-order valence-corrected chi connectivity index (χ3v) is 11.9. The average molecular weight is 724 g/mol. The Bertz CT molecular complexity index is 3450. The predicted molar refractivity (Wildman–Crippen MR) is 229 cm³/mol. The van der Waals surface area contributed by atoms with Gasteiger partial charge < -0.3 is 18.3 Å². The lowest BCUT2D eigenvalue weighted by molar-refractivity contribution is 0.619. The molecule has 0 amide bonds. The molecule has 0 N–H and O–H groups in total. The van der Waals surface area contributed by atoms with E-state index in [2.05, 4.69) is 143 Å². The topological polar surface area (TPSA) is 47.3 Å². The predicted octanol–water partition coefficient (Wildman–Crippen LogP) is 14.3. The van der Waals surface area contributed by atoms with Gasteiger partial charge in [0.05, 0.1) is 22.1 Å². The van der Waals surface area contributed by atoms with Crippen molar-refractivity contribution < 1.29 is 8.83 Å². The van der Waals surface area contributed by atoms with Crippen LogP contribution in [0.3, 0.4) is 0 Å². The first kappa shape index (κ1) is 30.3. The van der Waals surface area contributed by atoms with Gasteiger partial charge in [0, 0.05) is 59.0 Å². The smallest absolute Gasteiger partial charge is 0.227 e. The van der Waals surface area contributed by atoms with E-state index in [9.17, 15) is 0 Å². The molecule has 258 valence electrons. The molecule has 0 saturated carbocycles. The monoisotopic (exact) mass is 723 g/mol. The van der Waals surface area contributed by atoms with Crippen LogP contribution in [0.15, 0.2) is 185 Å². The van der Waals surface area contributed by atoms with E-state index < -0.39 is 0 Å². The number of hydrogen-bond donors (Lipinski definition) is 0. The molecular formula is C49H29N3O2S. The summed E-state index contributed by atoms with van der Waals surface area (Å²) in [6, 6.07) is 62.1. The van der Waals surface area contributed by atoms with E-state index in [4.69, 9.17) is 13.8 Å². The number of oxazole rings is 1. The maximum absolute atomic E-state index is 6.49. The number of furan rings is 1. The molecule has 0 atom stereocenters. The van der Waals surface area contributed by atoms with E-state index in [-0.39, 0.29) is 0 Å². The van der Waals surface area contributed by atoms with E-state index in [0.29, 0.717) is 5.89 Å². The van der Waals surface area contributed by atoms with Crippen molar-refractivity contribution in [2.24, 2.45) is 0 Å². The molecule has 0 saturated heterocycles. The number of benzene rings is 8. The molecule has 55 heavy (non-hydrogen) atoms. The van der Waals surface area contributed by atoms with Gasteiger partial charge in [0.25, 0.3) is 0 Å². The van der Waals surface area contributed by atoms with Gasteiger partial charge in [-0.1, -0.05) is 78.9 Å². The summed E-state index contributed by atoms with van der Waals surface area (Å²) < 4.78 is 17.7. The van der Waals surface area contributed by atoms with Gasteiger partial charge in [-0.25, -0.2) is 4.98 Å². The van der Waals surface area contributed by atoms with Gasteiger partial charge in [-0.2, -0.15) is 0 Å². The minimum Gasteiger partial charge on any atom is -0.456 e. The lowest BCUT2D eigenvalue weighted by atomic mass is 10.1. The first-order valence-electron chi connectivity index (χ1n) is 18.4. The average Bonchev–Trinajstić information content (AvgIpc) is 4.02. The van der Waals surface area contributed by atoms with Crippen LogP contribution < -0.4 is 4.90 Å². The highest BCUT2D eigenvalue weighted by Crippen LogP contribution is 2.47. The molecule has 0 aliphatic rings. The second kappa shape index (κ2) is 11.7. The Hall–Kier alpha value is -7.15. The summed E-state index contributed by atoms with van der Waals surface area (Å²) in [6.07, 6.45) is 0. The Morgan fingerprint density at radius 2 is 1.15 bits per heavy atom. The Balaban J connectivity index is 1.14. The number of anilines is 3. The fourth-order valence-electron chi connectivity index (χ4n) is 8.41. The van der Waals surface area contributed by atoms with Crippen LogP contribution in [0.25, 0.3) is 92.2 Å². The summed E-state index contributed by atoms with van der Waals surface area (Å²) in [7, 11) is 0. The van der Waals surface area contributed by atoms with Crippen LogP contribution in [-0.2, 0) is 0 Å². The molecule has 0 radical (unpaired) electrons. The van der Waals surface area contributed by atoms with Crippen molar-refractivity contribution in [2.75, 3.05) is 4.90 Å². The summed E-state index contributed by atoms with van der Waals surface area (Å²) in [5.74, 6) is 0.592. The fraction of sp³-hybridized carbons (Fsp3) is 0. The fourth-order valence-corrected chi connectivity index (χ4v) is 9.54. The first-order valence-corrected chi connectivity index (χ1v) is 19.2. The van der Waals surface area contributed by atoms with Crippen LogP contribution in [0, 0.1) is 0 Å². The van der Waals surface area contributed by atoms with E-state index in [1.165, 1.54) is 36.5 Å². The molecule has 0 bridgehead atoms. The molecule has 8 aromatic carbocycles. The second-order valence-electron chi connectivity index (χ2n) is 13.9. The third-order valence-electron chi connectivity index (χ3n) is 10.8. The third kappa shape index (κ3) is 4.55. The van der Waals surface area contributed by atoms with Gasteiger partial charge in [0.15, 0.2) is 5.58 Å². The summed E-state index contributed by atoms with van der Waals surface area (Å²) in [5, 5.41) is 6.81. The number of aromatic nitrogens is 2. The summed E-state index contributed by atoms with van der Waals surface area (Å²) in [5.41, 5.74) is 10.7. The molecule has 4 aromatic heterocycles. The first-order chi connectivity index (χ1) is 27.3. The van der Waals surface area contributed by atoms with E-state index >= 15 is 0 Å². The molecule has 0 aliphatic carbocycles. The number of nitrogens with zero attached hydrogens (tertiary/aromatic N) is 3. The quantitative estimate of drug-likeness (QED) is 0.177. The molecule has 4 heterocycles. The lowest BCUT2D eigenvalue weighted by Gasteiger charge is -2.27. The highest BCUT2D eigenvalue weighted by molar-refractivity contribution is 7.26. The van der Waals surface area contributed by atoms with Gasteiger partial charge in [0.1, 0.15) is 16.7 Å². The molecule has 0 spiro atoms. The number of rotatable bonds is 5. The zero-order chi connectivity index (χ0) is 36.0. The van der Waals surface area contributed by atoms with Crippen molar-refractivity contribution in [3.8, 4) is 17.1 Å². The van der Waals surface area contributed by atoms with Crippen LogP contribution >= 0.6 is 11.3 Å². The van der Waals surface area contributed by atoms with Crippen LogP contribution in [0.4, 0.5) is 17.1 Å². The maximum Gasteiger partial charge on any atom is 0.227 e. The largest absolute Gasteiger partial charge is 0.456 e. The normalized spacial score (nSPS) is 12.0. The second-order valence-corrected chi connectivity index (χ2v) is 15.0. The Morgan fingerprint density at radius 1 is 0.473 bits per heavy atom. The van der Waals surface area contributed by atoms with Gasteiger partial charge in [0.2, 0.25) is 5.89 Å². The van der Waals surface area contributed by atoms with Crippen LogP contribution in [0.5, 0.6) is 0 Å². The van der Waals surface area contributed by atoms with Crippen molar-refractivity contribution in [1.82, 2.24) is 9.55 Å². The molecule has 12 aromatic rings. The Morgan fingerprint density at radius 3 is 2.02 bits per heavy atom. The minimum absolute atomic E-state index is 0.592. The van der Waals surface area contributed by atoms with Crippen LogP contribution in [0.2, 0.25) is 0 Å². The molecular weight excluding hydrogens is 695 g/mol. The number of para-hydroxylation sites is 2. The van der Waals surface area contributed by atoms with Gasteiger partial charge in [-0.15, -0.1) is 11.3 Å². The summed E-state index contributed by atoms with van der Waals surface area (Å²) in [6.45, 7) is 0. The van der Waals surface area contributed by atoms with E-state index in [0.717, 1.165) is 66.9 Å². The van der Waals surface area contributed by atoms with E-state index in [1.807, 2.05) is 53.8 Å². The van der Waals surface area contributed by atoms with Crippen LogP contribution in [-0.4, -0.2) is 9.55 Å². The summed E-state index contributed by atoms with van der Waals surface area (Å²) >= 11 is 1.83. The molecule has 12 rings (SSSR count). The minimum atomic E-state index is 0.592. The van der Waals surface area contributed by atoms with Gasteiger partial charge in [-0.3, -0.25) is 0 Å². The van der Waals surface area contributed by atoms with Crippen LogP contribution in [0.1, 0.15) is 0 Å².